The average molecular weight is 321 g/mol. The van der Waals surface area contributed by atoms with Gasteiger partial charge in [0, 0.05) is 23.2 Å². The van der Waals surface area contributed by atoms with E-state index >= 15 is 0 Å². The van der Waals surface area contributed by atoms with Crippen LogP contribution in [-0.2, 0) is 4.79 Å². The van der Waals surface area contributed by atoms with Gasteiger partial charge in [0.2, 0.25) is 0 Å². The molecular weight excluding hydrogens is 298 g/mol. The van der Waals surface area contributed by atoms with Gasteiger partial charge in [0.25, 0.3) is 5.91 Å². The second-order valence-corrected chi connectivity index (χ2v) is 7.74. The molecule has 0 spiro atoms. The van der Waals surface area contributed by atoms with Gasteiger partial charge in [-0.15, -0.1) is 11.8 Å². The molecule has 2 atom stereocenters. The molecule has 1 heterocycles. The number of rotatable bonds is 4. The van der Waals surface area contributed by atoms with Gasteiger partial charge in [0.15, 0.2) is 0 Å². The smallest absolute Gasteiger partial charge is 0.306 e. The number of carbonyl (C=O) groups is 2. The molecule has 1 N–H and O–H groups in total. The summed E-state index contributed by atoms with van der Waals surface area (Å²) in [4.78, 5) is 26.8. The summed E-state index contributed by atoms with van der Waals surface area (Å²) in [6, 6.07) is 7.66. The molecule has 1 aromatic carbocycles. The molecule has 1 aliphatic heterocycles. The predicted molar refractivity (Wildman–Crippen MR) is 88.2 cm³/mol. The molecule has 0 aliphatic carbocycles. The Morgan fingerprint density at radius 2 is 2.00 bits per heavy atom. The number of piperidine rings is 1. The summed E-state index contributed by atoms with van der Waals surface area (Å²) in [6.07, 6.45) is 0.529. The fourth-order valence-electron chi connectivity index (χ4n) is 2.87. The lowest BCUT2D eigenvalue weighted by atomic mass is 9.87. The van der Waals surface area contributed by atoms with E-state index in [1.54, 1.807) is 16.7 Å². The zero-order valence-electron chi connectivity index (χ0n) is 13.3. The summed E-state index contributed by atoms with van der Waals surface area (Å²) < 4.78 is 0. The first kappa shape index (κ1) is 16.9. The van der Waals surface area contributed by atoms with Gasteiger partial charge in [0.05, 0.1) is 11.5 Å². The van der Waals surface area contributed by atoms with E-state index in [0.717, 1.165) is 10.5 Å². The van der Waals surface area contributed by atoms with Gasteiger partial charge in [0.1, 0.15) is 0 Å². The standard InChI is InChI=1S/C17H23NO3S/c1-11(2)22-15-7-5-4-6-14(15)16(19)18-9-8-13(17(20)21)12(3)10-18/h4-7,11-13H,8-10H2,1-3H3,(H,20,21). The van der Waals surface area contributed by atoms with Crippen LogP contribution in [0.2, 0.25) is 0 Å². The van der Waals surface area contributed by atoms with Crippen LogP contribution in [-0.4, -0.2) is 40.2 Å². The minimum absolute atomic E-state index is 0.0134. The molecule has 0 saturated carbocycles. The molecule has 2 rings (SSSR count). The van der Waals surface area contributed by atoms with Gasteiger partial charge in [-0.2, -0.15) is 0 Å². The highest BCUT2D eigenvalue weighted by Gasteiger charge is 2.33. The molecule has 22 heavy (non-hydrogen) atoms. The van der Waals surface area contributed by atoms with Crippen LogP contribution in [0, 0.1) is 11.8 Å². The van der Waals surface area contributed by atoms with Crippen molar-refractivity contribution in [3.8, 4) is 0 Å². The van der Waals surface area contributed by atoms with Crippen LogP contribution in [0.1, 0.15) is 37.6 Å². The van der Waals surface area contributed by atoms with Crippen molar-refractivity contribution in [2.24, 2.45) is 11.8 Å². The molecule has 1 saturated heterocycles. The van der Waals surface area contributed by atoms with E-state index < -0.39 is 5.97 Å². The molecule has 0 bridgehead atoms. The number of hydrogen-bond donors (Lipinski definition) is 1. The van der Waals surface area contributed by atoms with Crippen LogP contribution in [0.4, 0.5) is 0 Å². The Labute approximate surface area is 135 Å². The average Bonchev–Trinajstić information content (AvgIpc) is 2.46. The molecule has 1 aromatic rings. The highest BCUT2D eigenvalue weighted by molar-refractivity contribution is 8.00. The molecule has 1 aliphatic rings. The molecule has 0 aromatic heterocycles. The number of carbonyl (C=O) groups excluding carboxylic acids is 1. The van der Waals surface area contributed by atoms with E-state index in [1.165, 1.54) is 0 Å². The van der Waals surface area contributed by atoms with Gasteiger partial charge in [-0.1, -0.05) is 32.9 Å². The van der Waals surface area contributed by atoms with Crippen LogP contribution in [0.25, 0.3) is 0 Å². The first-order chi connectivity index (χ1) is 10.4. The molecule has 5 heteroatoms. The van der Waals surface area contributed by atoms with E-state index in [0.29, 0.717) is 24.8 Å². The Bertz CT molecular complexity index is 559. The normalized spacial score (nSPS) is 21.9. The van der Waals surface area contributed by atoms with Crippen molar-refractivity contribution in [1.29, 1.82) is 0 Å². The third-order valence-electron chi connectivity index (χ3n) is 3.99. The van der Waals surface area contributed by atoms with Crippen molar-refractivity contribution < 1.29 is 14.7 Å². The lowest BCUT2D eigenvalue weighted by Gasteiger charge is -2.35. The highest BCUT2D eigenvalue weighted by Crippen LogP contribution is 2.30. The van der Waals surface area contributed by atoms with Crippen LogP contribution in [0.15, 0.2) is 29.2 Å². The Hall–Kier alpha value is -1.49. The second-order valence-electron chi connectivity index (χ2n) is 6.12. The number of carboxylic acid groups (broad SMARTS) is 1. The maximum absolute atomic E-state index is 12.8. The van der Waals surface area contributed by atoms with Crippen LogP contribution in [0.5, 0.6) is 0 Å². The van der Waals surface area contributed by atoms with Crippen molar-refractivity contribution in [2.45, 2.75) is 37.3 Å². The van der Waals surface area contributed by atoms with Crippen molar-refractivity contribution in [3.05, 3.63) is 29.8 Å². The number of benzene rings is 1. The molecule has 1 amide bonds. The Kier molecular flexibility index (Phi) is 5.51. The topological polar surface area (TPSA) is 57.6 Å². The number of hydrogen-bond acceptors (Lipinski definition) is 3. The highest BCUT2D eigenvalue weighted by atomic mass is 32.2. The molecule has 120 valence electrons. The maximum Gasteiger partial charge on any atom is 0.306 e. The van der Waals surface area contributed by atoms with E-state index in [-0.39, 0.29) is 17.7 Å². The third-order valence-corrected chi connectivity index (χ3v) is 5.07. The Balaban J connectivity index is 2.14. The number of carboxylic acids is 1. The van der Waals surface area contributed by atoms with Gasteiger partial charge < -0.3 is 10.0 Å². The number of aliphatic carboxylic acids is 1. The number of nitrogens with zero attached hydrogens (tertiary/aromatic N) is 1. The van der Waals surface area contributed by atoms with Crippen LogP contribution >= 0.6 is 11.8 Å². The fourth-order valence-corrected chi connectivity index (χ4v) is 3.81. The summed E-state index contributed by atoms with van der Waals surface area (Å²) in [5.41, 5.74) is 0.724. The Morgan fingerprint density at radius 1 is 1.32 bits per heavy atom. The SMILES string of the molecule is CC(C)Sc1ccccc1C(=O)N1CCC(C(=O)O)C(C)C1. The quantitative estimate of drug-likeness (QED) is 0.864. The van der Waals surface area contributed by atoms with E-state index in [9.17, 15) is 14.7 Å². The van der Waals surface area contributed by atoms with Crippen molar-refractivity contribution in [1.82, 2.24) is 4.90 Å². The number of likely N-dealkylation sites (tertiary alicyclic amines) is 1. The van der Waals surface area contributed by atoms with Gasteiger partial charge in [-0.05, 0) is 24.5 Å². The monoisotopic (exact) mass is 321 g/mol. The zero-order chi connectivity index (χ0) is 16.3. The Morgan fingerprint density at radius 3 is 2.59 bits per heavy atom. The van der Waals surface area contributed by atoms with Gasteiger partial charge in [-0.25, -0.2) is 0 Å². The van der Waals surface area contributed by atoms with E-state index in [2.05, 4.69) is 13.8 Å². The zero-order valence-corrected chi connectivity index (χ0v) is 14.1. The predicted octanol–water partition coefficient (Wildman–Crippen LogP) is 3.37. The molecular formula is C17H23NO3S. The largest absolute Gasteiger partial charge is 0.481 e. The summed E-state index contributed by atoms with van der Waals surface area (Å²) >= 11 is 1.68. The van der Waals surface area contributed by atoms with Crippen molar-refractivity contribution >= 4 is 23.6 Å². The molecule has 4 nitrogen and oxygen atoms in total. The molecule has 0 radical (unpaired) electrons. The van der Waals surface area contributed by atoms with E-state index in [1.807, 2.05) is 31.2 Å². The fraction of sp³-hybridized carbons (Fsp3) is 0.529. The number of amides is 1. The summed E-state index contributed by atoms with van der Waals surface area (Å²) in [7, 11) is 0. The second kappa shape index (κ2) is 7.18. The third kappa shape index (κ3) is 3.83. The van der Waals surface area contributed by atoms with Crippen molar-refractivity contribution in [3.63, 3.8) is 0 Å². The van der Waals surface area contributed by atoms with Crippen LogP contribution < -0.4 is 0 Å². The summed E-state index contributed by atoms with van der Waals surface area (Å²) in [6.45, 7) is 7.14. The van der Waals surface area contributed by atoms with Crippen molar-refractivity contribution in [2.75, 3.05) is 13.1 Å². The molecule has 1 fully saturated rings. The lowest BCUT2D eigenvalue weighted by Crippen LogP contribution is -2.45. The summed E-state index contributed by atoms with van der Waals surface area (Å²) in [5, 5.41) is 9.59. The lowest BCUT2D eigenvalue weighted by molar-refractivity contribution is -0.145. The minimum Gasteiger partial charge on any atom is -0.481 e. The van der Waals surface area contributed by atoms with Gasteiger partial charge >= 0.3 is 5.97 Å². The van der Waals surface area contributed by atoms with E-state index in [4.69, 9.17) is 0 Å². The number of thioether (sulfide) groups is 1. The maximum atomic E-state index is 12.8. The first-order valence-electron chi connectivity index (χ1n) is 7.68. The van der Waals surface area contributed by atoms with Gasteiger partial charge in [-0.3, -0.25) is 9.59 Å². The van der Waals surface area contributed by atoms with Crippen LogP contribution in [0.3, 0.4) is 0 Å². The first-order valence-corrected chi connectivity index (χ1v) is 8.56. The summed E-state index contributed by atoms with van der Waals surface area (Å²) in [5.74, 6) is -1.10. The molecule has 2 unspecified atom stereocenters. The minimum atomic E-state index is -0.754.